The maximum Gasteiger partial charge on any atom is 0.309 e. The molecule has 1 aromatic carbocycles. The van der Waals surface area contributed by atoms with Gasteiger partial charge in [0.2, 0.25) is 0 Å². The molecule has 4 bridgehead atoms. The number of Topliss-reactive ketones (excluding diaryl/α,β-unsaturated/α-hetero) is 1. The number of rotatable bonds is 5. The molecule has 0 radical (unpaired) electrons. The molecule has 4 fully saturated rings. The number of hydrogen-bond donors (Lipinski definition) is 0. The predicted octanol–water partition coefficient (Wildman–Crippen LogP) is 3.63. The van der Waals surface area contributed by atoms with Crippen LogP contribution in [-0.4, -0.2) is 25.5 Å². The lowest BCUT2D eigenvalue weighted by atomic mass is 9.52. The third kappa shape index (κ3) is 3.05. The fraction of sp³-hybridized carbons (Fsp3) is 0.600. The number of ketones is 1. The Kier molecular flexibility index (Phi) is 4.26. The minimum Gasteiger partial charge on any atom is -0.494 e. The van der Waals surface area contributed by atoms with E-state index in [1.54, 1.807) is 0 Å². The normalized spacial score (nSPS) is 32.5. The van der Waals surface area contributed by atoms with E-state index in [9.17, 15) is 14.0 Å². The van der Waals surface area contributed by atoms with Crippen LogP contribution in [0.2, 0.25) is 0 Å². The minimum absolute atomic E-state index is 0.0480. The summed E-state index contributed by atoms with van der Waals surface area (Å²) < 4.78 is 23.9. The van der Waals surface area contributed by atoms with Gasteiger partial charge < -0.3 is 9.47 Å². The first-order valence-corrected chi connectivity index (χ1v) is 9.08. The van der Waals surface area contributed by atoms with Crippen LogP contribution < -0.4 is 4.74 Å². The molecule has 0 aliphatic heterocycles. The van der Waals surface area contributed by atoms with Gasteiger partial charge in [-0.1, -0.05) is 0 Å². The predicted molar refractivity (Wildman–Crippen MR) is 88.8 cm³/mol. The van der Waals surface area contributed by atoms with Gasteiger partial charge >= 0.3 is 5.97 Å². The maximum atomic E-state index is 13.7. The van der Waals surface area contributed by atoms with Crippen molar-refractivity contribution < 1.29 is 23.5 Å². The third-order valence-corrected chi connectivity index (χ3v) is 6.32. The van der Waals surface area contributed by atoms with Crippen LogP contribution >= 0.6 is 0 Å². The SMILES string of the molecule is COc1ccc(C(=O)COC(=O)C2C3CC4CC(C3)CC2C4)cc1F. The molecule has 134 valence electrons. The fourth-order valence-electron chi connectivity index (χ4n) is 5.47. The number of methoxy groups -OCH3 is 1. The summed E-state index contributed by atoms with van der Waals surface area (Å²) in [6.07, 6.45) is 5.85. The van der Waals surface area contributed by atoms with Crippen LogP contribution in [0.15, 0.2) is 18.2 Å². The minimum atomic E-state index is -0.597. The highest BCUT2D eigenvalue weighted by atomic mass is 19.1. The molecule has 0 aromatic heterocycles. The Morgan fingerprint density at radius 3 is 2.28 bits per heavy atom. The van der Waals surface area contributed by atoms with Crippen LogP contribution in [0.25, 0.3) is 0 Å². The lowest BCUT2D eigenvalue weighted by molar-refractivity contribution is -0.161. The van der Waals surface area contributed by atoms with Gasteiger partial charge in [0.25, 0.3) is 0 Å². The van der Waals surface area contributed by atoms with Gasteiger partial charge in [-0.05, 0) is 74.0 Å². The van der Waals surface area contributed by atoms with E-state index in [0.717, 1.165) is 43.6 Å². The van der Waals surface area contributed by atoms with Crippen LogP contribution in [0.3, 0.4) is 0 Å². The zero-order valence-electron chi connectivity index (χ0n) is 14.4. The summed E-state index contributed by atoms with van der Waals surface area (Å²) in [4.78, 5) is 24.8. The molecule has 0 atom stereocenters. The summed E-state index contributed by atoms with van der Waals surface area (Å²) in [7, 11) is 1.37. The van der Waals surface area contributed by atoms with E-state index in [1.165, 1.54) is 25.7 Å². The van der Waals surface area contributed by atoms with E-state index in [4.69, 9.17) is 9.47 Å². The zero-order chi connectivity index (χ0) is 17.6. The summed E-state index contributed by atoms with van der Waals surface area (Å²) >= 11 is 0. The quantitative estimate of drug-likeness (QED) is 0.603. The number of benzene rings is 1. The molecule has 4 nitrogen and oxygen atoms in total. The molecular formula is C20H23FO4. The van der Waals surface area contributed by atoms with Gasteiger partial charge in [0, 0.05) is 5.56 Å². The maximum absolute atomic E-state index is 13.7. The van der Waals surface area contributed by atoms with Crippen molar-refractivity contribution in [3.05, 3.63) is 29.6 Å². The Labute approximate surface area is 146 Å². The van der Waals surface area contributed by atoms with E-state index in [2.05, 4.69) is 0 Å². The van der Waals surface area contributed by atoms with Crippen molar-refractivity contribution in [3.8, 4) is 5.75 Å². The molecule has 4 saturated carbocycles. The number of esters is 1. The van der Waals surface area contributed by atoms with Crippen molar-refractivity contribution in [1.29, 1.82) is 0 Å². The molecule has 0 saturated heterocycles. The molecule has 4 aliphatic rings. The Bertz CT molecular complexity index is 671. The fourth-order valence-corrected chi connectivity index (χ4v) is 5.47. The summed E-state index contributed by atoms with van der Waals surface area (Å²) in [5.74, 6) is 1.24. The first-order chi connectivity index (χ1) is 12.0. The largest absolute Gasteiger partial charge is 0.494 e. The summed E-state index contributed by atoms with van der Waals surface area (Å²) in [6.45, 7) is -0.326. The lowest BCUT2D eigenvalue weighted by Gasteiger charge is -2.53. The lowest BCUT2D eigenvalue weighted by Crippen LogP contribution is -2.48. The molecule has 4 aliphatic carbocycles. The van der Waals surface area contributed by atoms with Crippen LogP contribution in [0.5, 0.6) is 5.75 Å². The Balaban J connectivity index is 1.37. The second-order valence-corrected chi connectivity index (χ2v) is 7.84. The topological polar surface area (TPSA) is 52.6 Å². The van der Waals surface area contributed by atoms with Crippen molar-refractivity contribution in [1.82, 2.24) is 0 Å². The van der Waals surface area contributed by atoms with E-state index in [0.29, 0.717) is 11.8 Å². The van der Waals surface area contributed by atoms with Gasteiger partial charge in [-0.2, -0.15) is 0 Å². The van der Waals surface area contributed by atoms with E-state index < -0.39 is 11.6 Å². The standard InChI is InChI=1S/C20H23FO4/c1-24-18-3-2-13(9-16(18)21)17(22)10-25-20(23)19-14-5-11-4-12(7-14)8-15(19)6-11/h2-3,9,11-12,14-15,19H,4-8,10H2,1H3. The van der Waals surface area contributed by atoms with E-state index in [1.807, 2.05) is 0 Å². The summed E-state index contributed by atoms with van der Waals surface area (Å²) in [5.41, 5.74) is 0.191. The van der Waals surface area contributed by atoms with Gasteiger partial charge in [-0.3, -0.25) is 9.59 Å². The zero-order valence-corrected chi connectivity index (χ0v) is 14.4. The number of carbonyl (C=O) groups is 2. The van der Waals surface area contributed by atoms with Crippen molar-refractivity contribution in [3.63, 3.8) is 0 Å². The van der Waals surface area contributed by atoms with Gasteiger partial charge in [0.05, 0.1) is 13.0 Å². The molecule has 5 rings (SSSR count). The monoisotopic (exact) mass is 346 g/mol. The summed E-state index contributed by atoms with van der Waals surface area (Å²) in [5, 5.41) is 0. The molecule has 5 heteroatoms. The molecule has 0 spiro atoms. The van der Waals surface area contributed by atoms with Crippen molar-refractivity contribution in [2.45, 2.75) is 32.1 Å². The number of ether oxygens (including phenoxy) is 2. The molecule has 0 unspecified atom stereocenters. The van der Waals surface area contributed by atoms with Crippen molar-refractivity contribution in [2.24, 2.45) is 29.6 Å². The van der Waals surface area contributed by atoms with Crippen molar-refractivity contribution in [2.75, 3.05) is 13.7 Å². The van der Waals surface area contributed by atoms with Gasteiger partial charge in [0.15, 0.2) is 24.0 Å². The second kappa shape index (κ2) is 6.43. The molecule has 0 heterocycles. The van der Waals surface area contributed by atoms with Crippen molar-refractivity contribution >= 4 is 11.8 Å². The Morgan fingerprint density at radius 1 is 1.08 bits per heavy atom. The molecule has 25 heavy (non-hydrogen) atoms. The highest BCUT2D eigenvalue weighted by Crippen LogP contribution is 2.56. The third-order valence-electron chi connectivity index (χ3n) is 6.32. The van der Waals surface area contributed by atoms with Crippen LogP contribution in [0, 0.1) is 35.4 Å². The molecular weight excluding hydrogens is 323 g/mol. The highest BCUT2D eigenvalue weighted by Gasteiger charge is 2.51. The van der Waals surface area contributed by atoms with Gasteiger partial charge in [-0.15, -0.1) is 0 Å². The Hall–Kier alpha value is -1.91. The highest BCUT2D eigenvalue weighted by molar-refractivity contribution is 5.98. The van der Waals surface area contributed by atoms with E-state index >= 15 is 0 Å². The average molecular weight is 346 g/mol. The number of carbonyl (C=O) groups excluding carboxylic acids is 2. The van der Waals surface area contributed by atoms with Gasteiger partial charge in [0.1, 0.15) is 0 Å². The first kappa shape index (κ1) is 16.6. The summed E-state index contributed by atoms with van der Waals surface area (Å²) in [6, 6.07) is 4.01. The molecule has 0 amide bonds. The van der Waals surface area contributed by atoms with Crippen LogP contribution in [0.4, 0.5) is 4.39 Å². The number of hydrogen-bond acceptors (Lipinski definition) is 4. The Morgan fingerprint density at radius 2 is 1.72 bits per heavy atom. The smallest absolute Gasteiger partial charge is 0.309 e. The molecule has 0 N–H and O–H groups in total. The molecule has 1 aromatic rings. The number of halogens is 1. The first-order valence-electron chi connectivity index (χ1n) is 9.08. The van der Waals surface area contributed by atoms with E-state index in [-0.39, 0.29) is 29.8 Å². The van der Waals surface area contributed by atoms with Crippen LogP contribution in [-0.2, 0) is 9.53 Å². The second-order valence-electron chi connectivity index (χ2n) is 7.84. The van der Waals surface area contributed by atoms with Crippen LogP contribution in [0.1, 0.15) is 42.5 Å². The van der Waals surface area contributed by atoms with Gasteiger partial charge in [-0.25, -0.2) is 4.39 Å². The average Bonchev–Trinajstić information content (AvgIpc) is 2.58.